The van der Waals surface area contributed by atoms with Crippen LogP contribution in [-0.2, 0) is 9.53 Å². The van der Waals surface area contributed by atoms with Crippen LogP contribution in [0.5, 0.6) is 0 Å². The van der Waals surface area contributed by atoms with Gasteiger partial charge in [0.1, 0.15) is 0 Å². The summed E-state index contributed by atoms with van der Waals surface area (Å²) in [5, 5.41) is 2.78. The zero-order chi connectivity index (χ0) is 8.81. The molecule has 1 fully saturated rings. The molecule has 1 rings (SSSR count). The molecule has 0 aromatic rings. The molecule has 0 aromatic heterocycles. The summed E-state index contributed by atoms with van der Waals surface area (Å²) in [5.41, 5.74) is 0. The summed E-state index contributed by atoms with van der Waals surface area (Å²) in [4.78, 5) is 13.0. The van der Waals surface area contributed by atoms with Gasteiger partial charge in [-0.15, -0.1) is 0 Å². The van der Waals surface area contributed by atoms with Crippen molar-refractivity contribution >= 4 is 5.91 Å². The molecule has 1 aliphatic rings. The standard InChI is InChI=1S/C8H16N2O2/c1-2-12-6-5-10-4-3-9-8(11)7-10/h2-7H2,1H3,(H,9,11). The number of ether oxygens (including phenoxy) is 1. The van der Waals surface area contributed by atoms with Gasteiger partial charge in [-0.25, -0.2) is 0 Å². The molecule has 0 radical (unpaired) electrons. The largest absolute Gasteiger partial charge is 0.380 e. The molecule has 0 unspecified atom stereocenters. The third-order valence-electron chi connectivity index (χ3n) is 1.87. The third kappa shape index (κ3) is 3.19. The van der Waals surface area contributed by atoms with Crippen LogP contribution in [0.4, 0.5) is 0 Å². The maximum Gasteiger partial charge on any atom is 0.234 e. The van der Waals surface area contributed by atoms with Crippen LogP contribution in [0.1, 0.15) is 6.92 Å². The molecule has 12 heavy (non-hydrogen) atoms. The average molecular weight is 172 g/mol. The molecule has 1 aliphatic heterocycles. The highest BCUT2D eigenvalue weighted by Crippen LogP contribution is 1.92. The van der Waals surface area contributed by atoms with Gasteiger partial charge in [-0.3, -0.25) is 9.69 Å². The van der Waals surface area contributed by atoms with Gasteiger partial charge in [-0.1, -0.05) is 0 Å². The van der Waals surface area contributed by atoms with Crippen molar-refractivity contribution < 1.29 is 9.53 Å². The highest BCUT2D eigenvalue weighted by atomic mass is 16.5. The number of carbonyl (C=O) groups excluding carboxylic acids is 1. The summed E-state index contributed by atoms with van der Waals surface area (Å²) in [6, 6.07) is 0. The first kappa shape index (κ1) is 9.48. The van der Waals surface area contributed by atoms with Crippen LogP contribution in [0.3, 0.4) is 0 Å². The van der Waals surface area contributed by atoms with E-state index in [1.807, 2.05) is 6.92 Å². The summed E-state index contributed by atoms with van der Waals surface area (Å²) in [5.74, 6) is 0.123. The van der Waals surface area contributed by atoms with E-state index in [9.17, 15) is 4.79 Å². The summed E-state index contributed by atoms with van der Waals surface area (Å²) >= 11 is 0. The van der Waals surface area contributed by atoms with Crippen LogP contribution >= 0.6 is 0 Å². The Labute approximate surface area is 72.9 Å². The van der Waals surface area contributed by atoms with Crippen molar-refractivity contribution in [1.29, 1.82) is 0 Å². The summed E-state index contributed by atoms with van der Waals surface area (Å²) in [6.45, 7) is 6.55. The van der Waals surface area contributed by atoms with Gasteiger partial charge >= 0.3 is 0 Å². The lowest BCUT2D eigenvalue weighted by Crippen LogP contribution is -2.48. The minimum absolute atomic E-state index is 0.123. The molecule has 70 valence electrons. The molecule has 1 amide bonds. The predicted molar refractivity (Wildman–Crippen MR) is 45.9 cm³/mol. The smallest absolute Gasteiger partial charge is 0.234 e. The second-order valence-electron chi connectivity index (χ2n) is 2.82. The Balaban J connectivity index is 2.10. The van der Waals surface area contributed by atoms with E-state index in [-0.39, 0.29) is 5.91 Å². The summed E-state index contributed by atoms with van der Waals surface area (Å²) in [7, 11) is 0. The monoisotopic (exact) mass is 172 g/mol. The van der Waals surface area contributed by atoms with Gasteiger partial charge in [-0.2, -0.15) is 0 Å². The van der Waals surface area contributed by atoms with Gasteiger partial charge < -0.3 is 10.1 Å². The van der Waals surface area contributed by atoms with Gasteiger partial charge in [-0.05, 0) is 6.92 Å². The van der Waals surface area contributed by atoms with Crippen molar-refractivity contribution in [3.05, 3.63) is 0 Å². The maximum atomic E-state index is 10.9. The van der Waals surface area contributed by atoms with Crippen LogP contribution in [0.25, 0.3) is 0 Å². The molecule has 0 bridgehead atoms. The minimum atomic E-state index is 0.123. The fourth-order valence-corrected chi connectivity index (χ4v) is 1.22. The minimum Gasteiger partial charge on any atom is -0.380 e. The molecule has 0 atom stereocenters. The third-order valence-corrected chi connectivity index (χ3v) is 1.87. The molecule has 0 aliphatic carbocycles. The van der Waals surface area contributed by atoms with E-state index < -0.39 is 0 Å². The van der Waals surface area contributed by atoms with Gasteiger partial charge in [0.2, 0.25) is 5.91 Å². The number of amides is 1. The van der Waals surface area contributed by atoms with Crippen LogP contribution < -0.4 is 5.32 Å². The zero-order valence-electron chi connectivity index (χ0n) is 7.51. The number of rotatable bonds is 4. The van der Waals surface area contributed by atoms with E-state index in [1.54, 1.807) is 0 Å². The van der Waals surface area contributed by atoms with E-state index in [0.717, 1.165) is 32.8 Å². The molecule has 0 saturated carbocycles. The van der Waals surface area contributed by atoms with Crippen molar-refractivity contribution in [1.82, 2.24) is 10.2 Å². The van der Waals surface area contributed by atoms with E-state index in [4.69, 9.17) is 4.74 Å². The van der Waals surface area contributed by atoms with E-state index >= 15 is 0 Å². The quantitative estimate of drug-likeness (QED) is 0.579. The molecule has 1 saturated heterocycles. The van der Waals surface area contributed by atoms with Crippen molar-refractivity contribution in [3.8, 4) is 0 Å². The Hall–Kier alpha value is -0.610. The fourth-order valence-electron chi connectivity index (χ4n) is 1.22. The lowest BCUT2D eigenvalue weighted by atomic mass is 10.3. The van der Waals surface area contributed by atoms with Gasteiger partial charge in [0.25, 0.3) is 0 Å². The molecule has 1 heterocycles. The van der Waals surface area contributed by atoms with E-state index in [2.05, 4.69) is 10.2 Å². The SMILES string of the molecule is CCOCCN1CCNC(=O)C1. The highest BCUT2D eigenvalue weighted by molar-refractivity contribution is 5.78. The Morgan fingerprint density at radius 1 is 1.67 bits per heavy atom. The molecule has 4 heteroatoms. The van der Waals surface area contributed by atoms with E-state index in [1.165, 1.54) is 0 Å². The van der Waals surface area contributed by atoms with Crippen LogP contribution in [0.2, 0.25) is 0 Å². The van der Waals surface area contributed by atoms with Gasteiger partial charge in [0, 0.05) is 26.2 Å². The molecular weight excluding hydrogens is 156 g/mol. The number of piperazine rings is 1. The van der Waals surface area contributed by atoms with Crippen LogP contribution in [0.15, 0.2) is 0 Å². The zero-order valence-corrected chi connectivity index (χ0v) is 7.51. The Bertz CT molecular complexity index is 150. The van der Waals surface area contributed by atoms with Crippen molar-refractivity contribution in [3.63, 3.8) is 0 Å². The average Bonchev–Trinajstić information content (AvgIpc) is 2.05. The van der Waals surface area contributed by atoms with Crippen molar-refractivity contribution in [2.75, 3.05) is 39.4 Å². The fraction of sp³-hybridized carbons (Fsp3) is 0.875. The number of hydrogen-bond acceptors (Lipinski definition) is 3. The Morgan fingerprint density at radius 3 is 3.17 bits per heavy atom. The second kappa shape index (κ2) is 5.11. The highest BCUT2D eigenvalue weighted by Gasteiger charge is 2.14. The topological polar surface area (TPSA) is 41.6 Å². The molecular formula is C8H16N2O2. The maximum absolute atomic E-state index is 10.9. The molecule has 0 aromatic carbocycles. The second-order valence-corrected chi connectivity index (χ2v) is 2.82. The first-order chi connectivity index (χ1) is 5.83. The predicted octanol–water partition coefficient (Wildman–Crippen LogP) is -0.545. The summed E-state index contributed by atoms with van der Waals surface area (Å²) in [6.07, 6.45) is 0. The Morgan fingerprint density at radius 2 is 2.50 bits per heavy atom. The van der Waals surface area contributed by atoms with Crippen LogP contribution in [0, 0.1) is 0 Å². The van der Waals surface area contributed by atoms with Crippen LogP contribution in [-0.4, -0.2) is 50.2 Å². The normalized spacial score (nSPS) is 19.2. The lowest BCUT2D eigenvalue weighted by Gasteiger charge is -2.25. The summed E-state index contributed by atoms with van der Waals surface area (Å²) < 4.78 is 5.20. The van der Waals surface area contributed by atoms with Crippen molar-refractivity contribution in [2.45, 2.75) is 6.92 Å². The first-order valence-corrected chi connectivity index (χ1v) is 4.39. The Kier molecular flexibility index (Phi) is 4.04. The van der Waals surface area contributed by atoms with Crippen molar-refractivity contribution in [2.24, 2.45) is 0 Å². The van der Waals surface area contributed by atoms with Gasteiger partial charge in [0.05, 0.1) is 13.2 Å². The first-order valence-electron chi connectivity index (χ1n) is 4.39. The molecule has 0 spiro atoms. The molecule has 1 N–H and O–H groups in total. The van der Waals surface area contributed by atoms with E-state index in [0.29, 0.717) is 6.54 Å². The lowest BCUT2D eigenvalue weighted by molar-refractivity contribution is -0.124. The number of carbonyl (C=O) groups is 1. The molecule has 4 nitrogen and oxygen atoms in total. The van der Waals surface area contributed by atoms with Gasteiger partial charge in [0.15, 0.2) is 0 Å². The number of hydrogen-bond donors (Lipinski definition) is 1. The number of nitrogens with zero attached hydrogens (tertiary/aromatic N) is 1. The number of nitrogens with one attached hydrogen (secondary N) is 1.